The molecule has 0 spiro atoms. The van der Waals surface area contributed by atoms with E-state index in [4.69, 9.17) is 14.0 Å². The Labute approximate surface area is 201 Å². The Kier molecular flexibility index (Phi) is 9.93. The summed E-state index contributed by atoms with van der Waals surface area (Å²) in [5.74, 6) is 2.04. The lowest BCUT2D eigenvalue weighted by molar-refractivity contribution is 0.307. The smallest absolute Gasteiger partial charge is 0.490 e. The van der Waals surface area contributed by atoms with Crippen LogP contribution in [-0.2, 0) is 6.54 Å². The largest absolute Gasteiger partial charge is 0.864 e. The van der Waals surface area contributed by atoms with Crippen LogP contribution < -0.4 is 14.0 Å². The number of benzene rings is 4. The Bertz CT molecular complexity index is 912. The minimum absolute atomic E-state index is 0.680. The van der Waals surface area contributed by atoms with E-state index in [1.807, 2.05) is 121 Å². The van der Waals surface area contributed by atoms with Crippen LogP contribution in [0, 0.1) is 0 Å². The Morgan fingerprint density at radius 3 is 1.12 bits per heavy atom. The van der Waals surface area contributed by atoms with E-state index in [1.54, 1.807) is 3.71 Å². The first kappa shape index (κ1) is 23.7. The van der Waals surface area contributed by atoms with E-state index < -0.39 is 7.32 Å². The molecule has 0 N–H and O–H groups in total. The molecule has 32 heavy (non-hydrogen) atoms. The molecular formula is C25H24BNO3S2. The number of hydrogen-bond donors (Lipinski definition) is 2. The van der Waals surface area contributed by atoms with Crippen LogP contribution in [0.2, 0.25) is 0 Å². The van der Waals surface area contributed by atoms with Gasteiger partial charge in [0, 0.05) is 6.54 Å². The summed E-state index contributed by atoms with van der Waals surface area (Å²) >= 11 is 8.01. The average molecular weight is 461 g/mol. The summed E-state index contributed by atoms with van der Waals surface area (Å²) in [6.45, 7) is 0.757. The highest BCUT2D eigenvalue weighted by molar-refractivity contribution is 7.93. The van der Waals surface area contributed by atoms with Crippen LogP contribution in [0.3, 0.4) is 0 Å². The van der Waals surface area contributed by atoms with E-state index in [0.29, 0.717) is 17.2 Å². The molecule has 4 aromatic carbocycles. The third kappa shape index (κ3) is 9.02. The van der Waals surface area contributed by atoms with Crippen LogP contribution >= 0.6 is 25.6 Å². The lowest BCUT2D eigenvalue weighted by Gasteiger charge is -2.16. The summed E-state index contributed by atoms with van der Waals surface area (Å²) in [6, 6.07) is 38.4. The molecule has 0 unspecified atom stereocenters. The molecule has 0 aliphatic heterocycles. The van der Waals surface area contributed by atoms with Crippen molar-refractivity contribution >= 4 is 33.0 Å². The normalized spacial score (nSPS) is 9.97. The van der Waals surface area contributed by atoms with E-state index in [2.05, 4.69) is 25.6 Å². The molecule has 0 aliphatic rings. The van der Waals surface area contributed by atoms with Gasteiger partial charge in [0.15, 0.2) is 0 Å². The van der Waals surface area contributed by atoms with Crippen molar-refractivity contribution in [3.63, 3.8) is 0 Å². The Morgan fingerprint density at radius 2 is 0.812 bits per heavy atom. The zero-order valence-electron chi connectivity index (χ0n) is 17.4. The van der Waals surface area contributed by atoms with Crippen LogP contribution in [0.4, 0.5) is 0 Å². The van der Waals surface area contributed by atoms with Crippen LogP contribution in [0.5, 0.6) is 17.2 Å². The summed E-state index contributed by atoms with van der Waals surface area (Å²) in [4.78, 5) is 0. The van der Waals surface area contributed by atoms with Gasteiger partial charge in [-0.15, -0.1) is 0 Å². The van der Waals surface area contributed by atoms with Gasteiger partial charge in [-0.25, -0.2) is 0 Å². The summed E-state index contributed by atoms with van der Waals surface area (Å²) in [5.41, 5.74) is 1.22. The second-order valence-corrected chi connectivity index (χ2v) is 7.88. The molecule has 4 nitrogen and oxygen atoms in total. The molecule has 162 valence electrons. The van der Waals surface area contributed by atoms with Crippen molar-refractivity contribution < 1.29 is 14.0 Å². The summed E-state index contributed by atoms with van der Waals surface area (Å²) in [7, 11) is -0.868. The maximum absolute atomic E-state index is 5.78. The molecule has 0 atom stereocenters. The molecule has 0 heterocycles. The second kappa shape index (κ2) is 13.4. The molecule has 0 aliphatic carbocycles. The highest BCUT2D eigenvalue weighted by Gasteiger charge is 2.30. The fourth-order valence-electron chi connectivity index (χ4n) is 2.65. The molecular weight excluding hydrogens is 437 g/mol. The zero-order valence-corrected chi connectivity index (χ0v) is 19.2. The molecule has 0 saturated heterocycles. The highest BCUT2D eigenvalue weighted by Crippen LogP contribution is 2.17. The topological polar surface area (TPSA) is 30.9 Å². The summed E-state index contributed by atoms with van der Waals surface area (Å²) < 4.78 is 18.9. The van der Waals surface area contributed by atoms with Gasteiger partial charge in [0.2, 0.25) is 0 Å². The summed E-state index contributed by atoms with van der Waals surface area (Å²) in [5, 5.41) is 0. The molecule has 4 rings (SSSR count). The van der Waals surface area contributed by atoms with E-state index in [9.17, 15) is 0 Å². The third-order valence-corrected chi connectivity index (χ3v) is 4.38. The van der Waals surface area contributed by atoms with Gasteiger partial charge in [-0.1, -0.05) is 111 Å². The molecule has 0 bridgehead atoms. The van der Waals surface area contributed by atoms with E-state index in [1.165, 1.54) is 5.56 Å². The minimum Gasteiger partial charge on any atom is -0.490 e. The van der Waals surface area contributed by atoms with Crippen LogP contribution in [0.25, 0.3) is 0 Å². The first-order chi connectivity index (χ1) is 15.7. The van der Waals surface area contributed by atoms with Crippen molar-refractivity contribution in [1.29, 1.82) is 0 Å². The molecule has 0 radical (unpaired) electrons. The van der Waals surface area contributed by atoms with Gasteiger partial charge in [0.1, 0.15) is 17.2 Å². The van der Waals surface area contributed by atoms with E-state index in [0.717, 1.165) is 6.54 Å². The van der Waals surface area contributed by atoms with Gasteiger partial charge < -0.3 is 14.0 Å². The first-order valence-electron chi connectivity index (χ1n) is 10.0. The van der Waals surface area contributed by atoms with Crippen molar-refractivity contribution in [2.45, 2.75) is 6.54 Å². The molecule has 0 saturated carbocycles. The highest BCUT2D eigenvalue weighted by atomic mass is 32.2. The molecule has 0 aromatic heterocycles. The van der Waals surface area contributed by atoms with Crippen LogP contribution in [-0.4, -0.2) is 11.0 Å². The fourth-order valence-corrected chi connectivity index (χ4v) is 2.98. The average Bonchev–Trinajstić information content (AvgIpc) is 2.82. The molecule has 0 fully saturated rings. The maximum atomic E-state index is 5.78. The lowest BCUT2D eigenvalue weighted by atomic mass is 10.2. The SMILES string of the molecule is SN(S)Cc1ccccc1.c1ccc(OB(Oc2ccccc2)Oc2ccccc2)cc1. The Morgan fingerprint density at radius 1 is 0.500 bits per heavy atom. The number of hydrogen-bond acceptors (Lipinski definition) is 6. The van der Waals surface area contributed by atoms with Gasteiger partial charge in [0.05, 0.1) is 0 Å². The van der Waals surface area contributed by atoms with Crippen molar-refractivity contribution in [3.8, 4) is 17.2 Å². The summed E-state index contributed by atoms with van der Waals surface area (Å²) in [6.07, 6.45) is 0. The lowest BCUT2D eigenvalue weighted by Crippen LogP contribution is -2.36. The Hall–Kier alpha value is -3.00. The predicted molar refractivity (Wildman–Crippen MR) is 137 cm³/mol. The number of rotatable bonds is 8. The van der Waals surface area contributed by atoms with Crippen LogP contribution in [0.15, 0.2) is 121 Å². The van der Waals surface area contributed by atoms with Gasteiger partial charge >= 0.3 is 7.32 Å². The van der Waals surface area contributed by atoms with Crippen molar-refractivity contribution in [1.82, 2.24) is 3.71 Å². The molecule has 4 aromatic rings. The van der Waals surface area contributed by atoms with Crippen molar-refractivity contribution in [2.75, 3.05) is 0 Å². The van der Waals surface area contributed by atoms with E-state index in [-0.39, 0.29) is 0 Å². The first-order valence-corrected chi connectivity index (χ1v) is 10.8. The zero-order chi connectivity index (χ0) is 22.4. The predicted octanol–water partition coefficient (Wildman–Crippen LogP) is 6.39. The van der Waals surface area contributed by atoms with Gasteiger partial charge in [0.25, 0.3) is 0 Å². The number of thiol groups is 2. The standard InChI is InChI=1S/C18H15BO3.C7H9NS2/c1-4-10-16(11-5-1)20-19(21-17-12-6-2-7-13-17)22-18-14-8-3-9-15-18;9-8(10)6-7-4-2-1-3-5-7/h1-15H;1-5,9-10H,6H2. The Balaban J connectivity index is 0.000000243. The third-order valence-electron chi connectivity index (χ3n) is 4.09. The van der Waals surface area contributed by atoms with E-state index >= 15 is 0 Å². The van der Waals surface area contributed by atoms with Gasteiger partial charge in [-0.3, -0.25) is 0 Å². The van der Waals surface area contributed by atoms with Crippen molar-refractivity contribution in [3.05, 3.63) is 127 Å². The van der Waals surface area contributed by atoms with Crippen molar-refractivity contribution in [2.24, 2.45) is 0 Å². The molecule has 0 amide bonds. The monoisotopic (exact) mass is 461 g/mol. The number of para-hydroxylation sites is 3. The van der Waals surface area contributed by atoms with Crippen LogP contribution in [0.1, 0.15) is 5.56 Å². The molecule has 7 heteroatoms. The minimum atomic E-state index is -0.868. The quantitative estimate of drug-likeness (QED) is 0.235. The number of nitrogens with zero attached hydrogens (tertiary/aromatic N) is 1. The second-order valence-electron chi connectivity index (χ2n) is 6.60. The maximum Gasteiger partial charge on any atom is 0.864 e. The van der Waals surface area contributed by atoms with Gasteiger partial charge in [-0.2, -0.15) is 3.71 Å². The van der Waals surface area contributed by atoms with Gasteiger partial charge in [-0.05, 0) is 42.0 Å². The fraction of sp³-hybridized carbons (Fsp3) is 0.0400.